The van der Waals surface area contributed by atoms with Crippen LogP contribution in [0.25, 0.3) is 0 Å². The molecule has 4 nitrogen and oxygen atoms in total. The number of carbonyl (C=O) groups excluding carboxylic acids is 1. The molecular weight excluding hydrogens is 321 g/mol. The summed E-state index contributed by atoms with van der Waals surface area (Å²) in [6, 6.07) is 14.3. The molecule has 2 aromatic carbocycles. The van der Waals surface area contributed by atoms with Crippen LogP contribution in [0.15, 0.2) is 48.5 Å². The van der Waals surface area contributed by atoms with Gasteiger partial charge in [0.25, 0.3) is 0 Å². The Morgan fingerprint density at radius 2 is 1.80 bits per heavy atom. The van der Waals surface area contributed by atoms with Gasteiger partial charge in [-0.25, -0.2) is 9.18 Å². The largest absolute Gasteiger partial charge is 0.489 e. The summed E-state index contributed by atoms with van der Waals surface area (Å²) >= 11 is 0. The zero-order valence-corrected chi connectivity index (χ0v) is 14.8. The molecule has 0 heterocycles. The Balaban J connectivity index is 1.87. The lowest BCUT2D eigenvalue weighted by Gasteiger charge is -2.19. The number of nitrogens with one attached hydrogen (secondary N) is 1. The topological polar surface area (TPSA) is 47.6 Å². The number of amides is 1. The van der Waals surface area contributed by atoms with Gasteiger partial charge in [-0.3, -0.25) is 0 Å². The molecule has 0 saturated carbocycles. The van der Waals surface area contributed by atoms with Gasteiger partial charge in [-0.05, 0) is 50.5 Å². The lowest BCUT2D eigenvalue weighted by atomic mass is 10.1. The Kier molecular flexibility index (Phi) is 6.39. The summed E-state index contributed by atoms with van der Waals surface area (Å²) in [4.78, 5) is 11.6. The third-order valence-electron chi connectivity index (χ3n) is 3.26. The van der Waals surface area contributed by atoms with Crippen LogP contribution < -0.4 is 10.1 Å². The summed E-state index contributed by atoms with van der Waals surface area (Å²) in [5, 5.41) is 2.66. The van der Waals surface area contributed by atoms with E-state index in [9.17, 15) is 9.18 Å². The third-order valence-corrected chi connectivity index (χ3v) is 3.26. The Bertz CT molecular complexity index is 696. The summed E-state index contributed by atoms with van der Waals surface area (Å²) in [7, 11) is 0. The minimum Gasteiger partial charge on any atom is -0.489 e. The van der Waals surface area contributed by atoms with E-state index >= 15 is 0 Å². The van der Waals surface area contributed by atoms with Gasteiger partial charge >= 0.3 is 6.09 Å². The standard InChI is InChI=1S/C20H24FNO3/c1-20(2,3)25-19(23)22-10-9-16-11-17(21)13-18(12-16)24-14-15-7-5-4-6-8-15/h4-8,11-13H,9-10,14H2,1-3H3,(H,22,23). The van der Waals surface area contributed by atoms with E-state index in [1.165, 1.54) is 12.1 Å². The van der Waals surface area contributed by atoms with Gasteiger partial charge in [0.15, 0.2) is 0 Å². The van der Waals surface area contributed by atoms with Crippen molar-refractivity contribution in [2.45, 2.75) is 39.4 Å². The maximum absolute atomic E-state index is 13.8. The molecule has 25 heavy (non-hydrogen) atoms. The highest BCUT2D eigenvalue weighted by atomic mass is 19.1. The molecule has 0 spiro atoms. The summed E-state index contributed by atoms with van der Waals surface area (Å²) in [6.45, 7) is 6.14. The number of benzene rings is 2. The van der Waals surface area contributed by atoms with E-state index in [-0.39, 0.29) is 5.82 Å². The Morgan fingerprint density at radius 1 is 1.08 bits per heavy atom. The van der Waals surface area contributed by atoms with Crippen molar-refractivity contribution in [3.8, 4) is 5.75 Å². The zero-order chi connectivity index (χ0) is 18.3. The van der Waals surface area contributed by atoms with Crippen LogP contribution in [0.5, 0.6) is 5.75 Å². The molecule has 0 unspecified atom stereocenters. The van der Waals surface area contributed by atoms with Gasteiger partial charge in [0.05, 0.1) is 0 Å². The van der Waals surface area contributed by atoms with Gasteiger partial charge in [0.2, 0.25) is 0 Å². The van der Waals surface area contributed by atoms with Gasteiger partial charge in [-0.1, -0.05) is 30.3 Å². The number of hydrogen-bond donors (Lipinski definition) is 1. The van der Waals surface area contributed by atoms with E-state index in [1.54, 1.807) is 26.8 Å². The van der Waals surface area contributed by atoms with E-state index in [1.807, 2.05) is 30.3 Å². The highest BCUT2D eigenvalue weighted by Crippen LogP contribution is 2.18. The molecule has 0 saturated heterocycles. The Labute approximate surface area is 148 Å². The number of ether oxygens (including phenoxy) is 2. The van der Waals surface area contributed by atoms with E-state index in [0.717, 1.165) is 11.1 Å². The molecule has 2 rings (SSSR count). The molecule has 0 radical (unpaired) electrons. The first-order valence-electron chi connectivity index (χ1n) is 8.25. The van der Waals surface area contributed by atoms with E-state index < -0.39 is 11.7 Å². The van der Waals surface area contributed by atoms with Crippen LogP contribution in [-0.4, -0.2) is 18.2 Å². The van der Waals surface area contributed by atoms with E-state index in [2.05, 4.69) is 5.32 Å². The molecule has 134 valence electrons. The van der Waals surface area contributed by atoms with Crippen LogP contribution in [0, 0.1) is 5.82 Å². The summed E-state index contributed by atoms with van der Waals surface area (Å²) in [6.07, 6.45) is 0.00283. The average Bonchev–Trinajstić information content (AvgIpc) is 2.52. The highest BCUT2D eigenvalue weighted by Gasteiger charge is 2.15. The van der Waals surface area contributed by atoms with Crippen molar-refractivity contribution in [2.75, 3.05) is 6.54 Å². The van der Waals surface area contributed by atoms with Gasteiger partial charge in [-0.2, -0.15) is 0 Å². The number of carbonyl (C=O) groups is 1. The van der Waals surface area contributed by atoms with Crippen LogP contribution >= 0.6 is 0 Å². The monoisotopic (exact) mass is 345 g/mol. The van der Waals surface area contributed by atoms with Crippen molar-refractivity contribution in [2.24, 2.45) is 0 Å². The van der Waals surface area contributed by atoms with Gasteiger partial charge in [-0.15, -0.1) is 0 Å². The first-order chi connectivity index (χ1) is 11.8. The molecule has 0 atom stereocenters. The highest BCUT2D eigenvalue weighted by molar-refractivity contribution is 5.67. The molecule has 1 amide bonds. The number of halogens is 1. The lowest BCUT2D eigenvalue weighted by Crippen LogP contribution is -2.33. The predicted octanol–water partition coefficient (Wildman–Crippen LogP) is 4.47. The zero-order valence-electron chi connectivity index (χ0n) is 14.8. The van der Waals surface area contributed by atoms with Crippen molar-refractivity contribution in [3.63, 3.8) is 0 Å². The van der Waals surface area contributed by atoms with Crippen molar-refractivity contribution in [3.05, 3.63) is 65.5 Å². The molecule has 0 fully saturated rings. The number of rotatable bonds is 6. The minimum absolute atomic E-state index is 0.358. The van der Waals surface area contributed by atoms with Crippen LogP contribution in [-0.2, 0) is 17.8 Å². The quantitative estimate of drug-likeness (QED) is 0.840. The average molecular weight is 345 g/mol. The van der Waals surface area contributed by atoms with E-state index in [0.29, 0.717) is 25.3 Å². The summed E-state index contributed by atoms with van der Waals surface area (Å²) in [5.74, 6) is 0.106. The van der Waals surface area contributed by atoms with Crippen LogP contribution in [0.2, 0.25) is 0 Å². The van der Waals surface area contributed by atoms with Crippen LogP contribution in [0.3, 0.4) is 0 Å². The van der Waals surface area contributed by atoms with Gasteiger partial charge in [0, 0.05) is 12.6 Å². The molecule has 0 aliphatic heterocycles. The normalized spacial score (nSPS) is 11.0. The fraction of sp³-hybridized carbons (Fsp3) is 0.350. The number of alkyl carbamates (subject to hydrolysis) is 1. The first-order valence-corrected chi connectivity index (χ1v) is 8.25. The van der Waals surface area contributed by atoms with Gasteiger partial charge < -0.3 is 14.8 Å². The SMILES string of the molecule is CC(C)(C)OC(=O)NCCc1cc(F)cc(OCc2ccccc2)c1. The molecule has 0 aromatic heterocycles. The maximum atomic E-state index is 13.8. The van der Waals surface area contributed by atoms with Crippen LogP contribution in [0.1, 0.15) is 31.9 Å². The van der Waals surface area contributed by atoms with E-state index in [4.69, 9.17) is 9.47 Å². The fourth-order valence-electron chi connectivity index (χ4n) is 2.21. The van der Waals surface area contributed by atoms with Crippen molar-refractivity contribution < 1.29 is 18.7 Å². The molecule has 0 aliphatic carbocycles. The minimum atomic E-state index is -0.540. The van der Waals surface area contributed by atoms with Crippen molar-refractivity contribution in [1.82, 2.24) is 5.32 Å². The van der Waals surface area contributed by atoms with Crippen molar-refractivity contribution >= 4 is 6.09 Å². The second kappa shape index (κ2) is 8.51. The molecule has 0 aliphatic rings. The smallest absolute Gasteiger partial charge is 0.407 e. The molecule has 0 bridgehead atoms. The Hall–Kier alpha value is -2.56. The lowest BCUT2D eigenvalue weighted by molar-refractivity contribution is 0.0528. The van der Waals surface area contributed by atoms with Crippen LogP contribution in [0.4, 0.5) is 9.18 Å². The third kappa shape index (κ3) is 7.25. The second-order valence-corrected chi connectivity index (χ2v) is 6.75. The first kappa shape index (κ1) is 18.8. The maximum Gasteiger partial charge on any atom is 0.407 e. The molecule has 5 heteroatoms. The van der Waals surface area contributed by atoms with Gasteiger partial charge in [0.1, 0.15) is 23.8 Å². The summed E-state index contributed by atoms with van der Waals surface area (Å²) < 4.78 is 24.6. The Morgan fingerprint density at radius 3 is 2.48 bits per heavy atom. The van der Waals surface area contributed by atoms with Crippen molar-refractivity contribution in [1.29, 1.82) is 0 Å². The molecule has 2 aromatic rings. The summed E-state index contributed by atoms with van der Waals surface area (Å²) in [5.41, 5.74) is 1.22. The fourth-order valence-corrected chi connectivity index (χ4v) is 2.21. The number of hydrogen-bond acceptors (Lipinski definition) is 3. The second-order valence-electron chi connectivity index (χ2n) is 6.75. The molecule has 1 N–H and O–H groups in total. The predicted molar refractivity (Wildman–Crippen MR) is 95.1 cm³/mol. The molecular formula is C20H24FNO3.